The van der Waals surface area contributed by atoms with Gasteiger partial charge in [-0.15, -0.1) is 0 Å². The van der Waals surface area contributed by atoms with Crippen molar-refractivity contribution in [2.75, 3.05) is 0 Å². The molecule has 0 bridgehead atoms. The molecule has 1 aromatic carbocycles. The molecule has 0 saturated carbocycles. The number of hydrogen-bond acceptors (Lipinski definition) is 2. The Morgan fingerprint density at radius 1 is 1.29 bits per heavy atom. The Kier molecular flexibility index (Phi) is 3.31. The first-order valence-corrected chi connectivity index (χ1v) is 6.27. The SMILES string of the molecule is Cc1ccncc1C(C)(N)c1cccc(Br)c1. The third kappa shape index (κ3) is 2.40. The molecule has 0 amide bonds. The number of aromatic nitrogens is 1. The maximum atomic E-state index is 6.47. The fraction of sp³-hybridized carbons (Fsp3) is 0.214. The number of hydrogen-bond donors (Lipinski definition) is 1. The molecule has 0 fully saturated rings. The first-order valence-electron chi connectivity index (χ1n) is 5.48. The first-order chi connectivity index (χ1) is 8.01. The average Bonchev–Trinajstić information content (AvgIpc) is 2.29. The topological polar surface area (TPSA) is 38.9 Å². The van der Waals surface area contributed by atoms with E-state index in [1.54, 1.807) is 6.20 Å². The molecule has 1 heterocycles. The summed E-state index contributed by atoms with van der Waals surface area (Å²) in [4.78, 5) is 4.17. The van der Waals surface area contributed by atoms with Gasteiger partial charge in [0.25, 0.3) is 0 Å². The second kappa shape index (κ2) is 4.59. The highest BCUT2D eigenvalue weighted by atomic mass is 79.9. The van der Waals surface area contributed by atoms with Crippen LogP contribution in [0.5, 0.6) is 0 Å². The molecule has 2 nitrogen and oxygen atoms in total. The van der Waals surface area contributed by atoms with E-state index in [4.69, 9.17) is 5.73 Å². The Morgan fingerprint density at radius 3 is 2.71 bits per heavy atom. The summed E-state index contributed by atoms with van der Waals surface area (Å²) in [6.45, 7) is 4.07. The number of nitrogens with zero attached hydrogens (tertiary/aromatic N) is 1. The van der Waals surface area contributed by atoms with E-state index in [0.717, 1.165) is 21.2 Å². The average molecular weight is 291 g/mol. The molecule has 0 aliphatic heterocycles. The highest BCUT2D eigenvalue weighted by Crippen LogP contribution is 2.29. The van der Waals surface area contributed by atoms with Gasteiger partial charge in [-0.05, 0) is 48.7 Å². The van der Waals surface area contributed by atoms with Gasteiger partial charge in [-0.2, -0.15) is 0 Å². The summed E-state index contributed by atoms with van der Waals surface area (Å²) in [5, 5.41) is 0. The Labute approximate surface area is 110 Å². The van der Waals surface area contributed by atoms with E-state index in [2.05, 4.69) is 27.8 Å². The fourth-order valence-electron chi connectivity index (χ4n) is 1.97. The highest BCUT2D eigenvalue weighted by Gasteiger charge is 2.25. The molecule has 2 aromatic rings. The molecular weight excluding hydrogens is 276 g/mol. The van der Waals surface area contributed by atoms with Crippen LogP contribution in [0, 0.1) is 6.92 Å². The van der Waals surface area contributed by atoms with Crippen molar-refractivity contribution in [3.05, 3.63) is 63.9 Å². The minimum Gasteiger partial charge on any atom is -0.318 e. The van der Waals surface area contributed by atoms with Gasteiger partial charge in [0.2, 0.25) is 0 Å². The molecule has 1 atom stereocenters. The summed E-state index contributed by atoms with van der Waals surface area (Å²) in [5.74, 6) is 0. The van der Waals surface area contributed by atoms with Gasteiger partial charge < -0.3 is 5.73 Å². The number of aryl methyl sites for hydroxylation is 1. The van der Waals surface area contributed by atoms with Crippen LogP contribution in [0.3, 0.4) is 0 Å². The van der Waals surface area contributed by atoms with Gasteiger partial charge in [0.05, 0.1) is 5.54 Å². The third-order valence-corrected chi connectivity index (χ3v) is 3.52. The summed E-state index contributed by atoms with van der Waals surface area (Å²) in [6.07, 6.45) is 3.63. The summed E-state index contributed by atoms with van der Waals surface area (Å²) in [5.41, 5.74) is 9.23. The molecule has 0 spiro atoms. The molecule has 0 aliphatic carbocycles. The van der Waals surface area contributed by atoms with E-state index in [1.807, 2.05) is 43.5 Å². The van der Waals surface area contributed by atoms with Gasteiger partial charge >= 0.3 is 0 Å². The lowest BCUT2D eigenvalue weighted by atomic mass is 9.84. The molecule has 0 aliphatic rings. The van der Waals surface area contributed by atoms with Crippen LogP contribution in [0.2, 0.25) is 0 Å². The van der Waals surface area contributed by atoms with Crippen molar-refractivity contribution in [1.82, 2.24) is 4.98 Å². The molecular formula is C14H15BrN2. The van der Waals surface area contributed by atoms with Crippen molar-refractivity contribution in [2.45, 2.75) is 19.4 Å². The quantitative estimate of drug-likeness (QED) is 0.921. The van der Waals surface area contributed by atoms with E-state index in [0.29, 0.717) is 0 Å². The Bertz CT molecular complexity index is 535. The van der Waals surface area contributed by atoms with E-state index < -0.39 is 5.54 Å². The van der Waals surface area contributed by atoms with E-state index in [-0.39, 0.29) is 0 Å². The van der Waals surface area contributed by atoms with E-state index >= 15 is 0 Å². The maximum Gasteiger partial charge on any atom is 0.0655 e. The van der Waals surface area contributed by atoms with Gasteiger partial charge in [-0.25, -0.2) is 0 Å². The van der Waals surface area contributed by atoms with Crippen LogP contribution in [0.4, 0.5) is 0 Å². The number of nitrogens with two attached hydrogens (primary N) is 1. The van der Waals surface area contributed by atoms with Gasteiger partial charge in [-0.3, -0.25) is 4.98 Å². The van der Waals surface area contributed by atoms with Crippen LogP contribution < -0.4 is 5.73 Å². The summed E-state index contributed by atoms with van der Waals surface area (Å²) < 4.78 is 1.04. The summed E-state index contributed by atoms with van der Waals surface area (Å²) >= 11 is 3.47. The summed E-state index contributed by atoms with van der Waals surface area (Å²) in [6, 6.07) is 10.1. The lowest BCUT2D eigenvalue weighted by Gasteiger charge is -2.27. The molecule has 2 N–H and O–H groups in total. The molecule has 0 saturated heterocycles. The molecule has 0 radical (unpaired) electrons. The zero-order valence-electron chi connectivity index (χ0n) is 9.94. The van der Waals surface area contributed by atoms with Crippen molar-refractivity contribution in [3.63, 3.8) is 0 Å². The van der Waals surface area contributed by atoms with Gasteiger partial charge in [0.1, 0.15) is 0 Å². The Balaban J connectivity index is 2.53. The predicted octanol–water partition coefficient (Wildman–Crippen LogP) is 3.37. The van der Waals surface area contributed by atoms with Crippen molar-refractivity contribution in [1.29, 1.82) is 0 Å². The Hall–Kier alpha value is -1.19. The third-order valence-electron chi connectivity index (χ3n) is 3.02. The second-order valence-electron chi connectivity index (χ2n) is 4.40. The standard InChI is InChI=1S/C14H15BrN2/c1-10-6-7-17-9-13(10)14(2,16)11-4-3-5-12(15)8-11/h3-9H,16H2,1-2H3. The monoisotopic (exact) mass is 290 g/mol. The van der Waals surface area contributed by atoms with Crippen LogP contribution in [0.1, 0.15) is 23.6 Å². The molecule has 3 heteroatoms. The molecule has 2 rings (SSSR count). The minimum atomic E-state index is -0.526. The molecule has 1 aromatic heterocycles. The normalized spacial score (nSPS) is 14.4. The Morgan fingerprint density at radius 2 is 2.06 bits per heavy atom. The maximum absolute atomic E-state index is 6.47. The number of halogens is 1. The van der Waals surface area contributed by atoms with Crippen molar-refractivity contribution < 1.29 is 0 Å². The van der Waals surface area contributed by atoms with Crippen LogP contribution >= 0.6 is 15.9 Å². The van der Waals surface area contributed by atoms with Crippen molar-refractivity contribution in [3.8, 4) is 0 Å². The molecule has 17 heavy (non-hydrogen) atoms. The zero-order chi connectivity index (χ0) is 12.5. The highest BCUT2D eigenvalue weighted by molar-refractivity contribution is 9.10. The van der Waals surface area contributed by atoms with Crippen LogP contribution in [-0.4, -0.2) is 4.98 Å². The zero-order valence-corrected chi connectivity index (χ0v) is 11.5. The largest absolute Gasteiger partial charge is 0.318 e. The lowest BCUT2D eigenvalue weighted by Crippen LogP contribution is -2.35. The van der Waals surface area contributed by atoms with Crippen molar-refractivity contribution in [2.24, 2.45) is 5.73 Å². The number of rotatable bonds is 2. The second-order valence-corrected chi connectivity index (χ2v) is 5.32. The van der Waals surface area contributed by atoms with Gasteiger partial charge in [0.15, 0.2) is 0 Å². The predicted molar refractivity (Wildman–Crippen MR) is 73.8 cm³/mol. The van der Waals surface area contributed by atoms with E-state index in [9.17, 15) is 0 Å². The van der Waals surface area contributed by atoms with Crippen LogP contribution in [0.15, 0.2) is 47.2 Å². The summed E-state index contributed by atoms with van der Waals surface area (Å²) in [7, 11) is 0. The molecule has 88 valence electrons. The van der Waals surface area contributed by atoms with Crippen LogP contribution in [-0.2, 0) is 5.54 Å². The smallest absolute Gasteiger partial charge is 0.0655 e. The van der Waals surface area contributed by atoms with Crippen molar-refractivity contribution >= 4 is 15.9 Å². The lowest BCUT2D eigenvalue weighted by molar-refractivity contribution is 0.595. The first kappa shape index (κ1) is 12.3. The number of benzene rings is 1. The fourth-order valence-corrected chi connectivity index (χ4v) is 2.37. The number of pyridine rings is 1. The van der Waals surface area contributed by atoms with Gasteiger partial charge in [-0.1, -0.05) is 28.1 Å². The van der Waals surface area contributed by atoms with E-state index in [1.165, 1.54) is 0 Å². The van der Waals surface area contributed by atoms with Gasteiger partial charge in [0, 0.05) is 16.9 Å². The molecule has 1 unspecified atom stereocenters. The minimum absolute atomic E-state index is 0.526. The van der Waals surface area contributed by atoms with Crippen LogP contribution in [0.25, 0.3) is 0 Å².